The molecule has 1 amide bonds. The molecule has 2 heterocycles. The van der Waals surface area contributed by atoms with Gasteiger partial charge in [0, 0.05) is 36.3 Å². The number of nitrogens with zero attached hydrogens (tertiary/aromatic N) is 2. The molecule has 1 saturated heterocycles. The van der Waals surface area contributed by atoms with Gasteiger partial charge in [0.05, 0.1) is 12.8 Å². The number of nitrogens with one attached hydrogen (secondary N) is 1. The number of carbonyl (C=O) groups excluding carboxylic acids is 1. The van der Waals surface area contributed by atoms with Crippen molar-refractivity contribution in [3.63, 3.8) is 0 Å². The topological polar surface area (TPSA) is 73.3 Å². The number of carbonyl (C=O) groups is 1. The number of hydrogen-bond donors (Lipinski definition) is 1. The van der Waals surface area contributed by atoms with E-state index in [1.54, 1.807) is 7.11 Å². The Hall–Kier alpha value is -2.47. The highest BCUT2D eigenvalue weighted by atomic mass is 16.5. The molecule has 1 unspecified atom stereocenters. The molecule has 0 radical (unpaired) electrons. The van der Waals surface area contributed by atoms with E-state index in [0.717, 1.165) is 68.6 Å². The Balaban J connectivity index is 1.50. The van der Waals surface area contributed by atoms with Gasteiger partial charge in [0.1, 0.15) is 0 Å². The highest BCUT2D eigenvalue weighted by Crippen LogP contribution is 2.31. The first-order valence-electron chi connectivity index (χ1n) is 10.1. The van der Waals surface area contributed by atoms with E-state index in [1.165, 1.54) is 0 Å². The maximum atomic E-state index is 12.8. The molecule has 6 nitrogen and oxygen atoms in total. The molecule has 4 rings (SSSR count). The average molecular weight is 381 g/mol. The SMILES string of the molecule is COc1nc(-c2ccccc2)nc2c1CCC(C(=O)NC1CCOCC1)CC2. The monoisotopic (exact) mass is 381 g/mol. The van der Waals surface area contributed by atoms with Crippen molar-refractivity contribution in [1.82, 2.24) is 15.3 Å². The number of rotatable bonds is 4. The number of ether oxygens (including phenoxy) is 2. The lowest BCUT2D eigenvalue weighted by atomic mass is 9.97. The second-order valence-electron chi connectivity index (χ2n) is 7.52. The standard InChI is InChI=1S/C22H27N3O3/c1-27-22-18-9-7-16(21(26)23-17-11-13-28-14-12-17)8-10-19(18)24-20(25-22)15-5-3-2-4-6-15/h2-6,16-17H,7-14H2,1H3,(H,23,26). The lowest BCUT2D eigenvalue weighted by Gasteiger charge is -2.25. The fourth-order valence-corrected chi connectivity index (χ4v) is 4.05. The van der Waals surface area contributed by atoms with Crippen LogP contribution in [0.4, 0.5) is 0 Å². The first-order valence-corrected chi connectivity index (χ1v) is 10.1. The van der Waals surface area contributed by atoms with Crippen molar-refractivity contribution >= 4 is 5.91 Å². The molecule has 2 aromatic rings. The summed E-state index contributed by atoms with van der Waals surface area (Å²) in [6.45, 7) is 1.46. The Bertz CT molecular complexity index is 819. The van der Waals surface area contributed by atoms with Crippen molar-refractivity contribution in [2.75, 3.05) is 20.3 Å². The van der Waals surface area contributed by atoms with Gasteiger partial charge in [0.2, 0.25) is 11.8 Å². The van der Waals surface area contributed by atoms with Crippen LogP contribution in [-0.4, -0.2) is 42.2 Å². The van der Waals surface area contributed by atoms with Crippen LogP contribution in [0, 0.1) is 5.92 Å². The average Bonchev–Trinajstić information content (AvgIpc) is 2.97. The van der Waals surface area contributed by atoms with Gasteiger partial charge in [-0.15, -0.1) is 0 Å². The lowest BCUT2D eigenvalue weighted by Crippen LogP contribution is -2.42. The molecule has 148 valence electrons. The van der Waals surface area contributed by atoms with Crippen LogP contribution in [0.15, 0.2) is 30.3 Å². The molecular weight excluding hydrogens is 354 g/mol. The minimum atomic E-state index is 0.00178. The summed E-state index contributed by atoms with van der Waals surface area (Å²) in [5.41, 5.74) is 3.03. The molecule has 1 aliphatic carbocycles. The van der Waals surface area contributed by atoms with E-state index in [9.17, 15) is 4.79 Å². The number of fused-ring (bicyclic) bond motifs is 1. The fourth-order valence-electron chi connectivity index (χ4n) is 4.05. The molecule has 2 aliphatic rings. The highest BCUT2D eigenvalue weighted by molar-refractivity contribution is 5.79. The normalized spacial score (nSPS) is 20.1. The minimum Gasteiger partial charge on any atom is -0.481 e. The van der Waals surface area contributed by atoms with Crippen molar-refractivity contribution < 1.29 is 14.3 Å². The number of amides is 1. The predicted octanol–water partition coefficient (Wildman–Crippen LogP) is 2.94. The molecule has 1 N–H and O–H groups in total. The summed E-state index contributed by atoms with van der Waals surface area (Å²) in [4.78, 5) is 22.2. The summed E-state index contributed by atoms with van der Waals surface area (Å²) < 4.78 is 11.0. The highest BCUT2D eigenvalue weighted by Gasteiger charge is 2.28. The lowest BCUT2D eigenvalue weighted by molar-refractivity contribution is -0.126. The van der Waals surface area contributed by atoms with E-state index in [-0.39, 0.29) is 17.9 Å². The van der Waals surface area contributed by atoms with Crippen LogP contribution in [0.1, 0.15) is 36.9 Å². The van der Waals surface area contributed by atoms with E-state index in [0.29, 0.717) is 11.7 Å². The number of hydrogen-bond acceptors (Lipinski definition) is 5. The van der Waals surface area contributed by atoms with E-state index >= 15 is 0 Å². The number of methoxy groups -OCH3 is 1. The van der Waals surface area contributed by atoms with Crippen molar-refractivity contribution in [2.24, 2.45) is 5.92 Å². The van der Waals surface area contributed by atoms with Crippen LogP contribution in [-0.2, 0) is 22.4 Å². The molecule has 6 heteroatoms. The van der Waals surface area contributed by atoms with E-state index in [4.69, 9.17) is 14.5 Å². The van der Waals surface area contributed by atoms with Crippen LogP contribution in [0.25, 0.3) is 11.4 Å². The maximum absolute atomic E-state index is 12.8. The van der Waals surface area contributed by atoms with Gasteiger partial charge in [-0.2, -0.15) is 4.98 Å². The fraction of sp³-hybridized carbons (Fsp3) is 0.500. The molecule has 0 spiro atoms. The van der Waals surface area contributed by atoms with Crippen LogP contribution in [0.3, 0.4) is 0 Å². The Morgan fingerprint density at radius 3 is 2.57 bits per heavy atom. The van der Waals surface area contributed by atoms with Gasteiger partial charge in [-0.1, -0.05) is 30.3 Å². The van der Waals surface area contributed by atoms with Crippen LogP contribution < -0.4 is 10.1 Å². The van der Waals surface area contributed by atoms with Gasteiger partial charge >= 0.3 is 0 Å². The maximum Gasteiger partial charge on any atom is 0.223 e. The van der Waals surface area contributed by atoms with E-state index < -0.39 is 0 Å². The summed E-state index contributed by atoms with van der Waals surface area (Å²) in [5, 5.41) is 3.22. The largest absolute Gasteiger partial charge is 0.481 e. The van der Waals surface area contributed by atoms with E-state index in [2.05, 4.69) is 10.3 Å². The quantitative estimate of drug-likeness (QED) is 0.825. The van der Waals surface area contributed by atoms with Gasteiger partial charge in [-0.25, -0.2) is 4.98 Å². The molecule has 1 atom stereocenters. The second-order valence-corrected chi connectivity index (χ2v) is 7.52. The number of aromatic nitrogens is 2. The van der Waals surface area contributed by atoms with Crippen LogP contribution in [0.5, 0.6) is 5.88 Å². The smallest absolute Gasteiger partial charge is 0.223 e. The molecule has 1 aromatic heterocycles. The first kappa shape index (κ1) is 18.9. The summed E-state index contributed by atoms with van der Waals surface area (Å²) in [5.74, 6) is 1.48. The van der Waals surface area contributed by atoms with Gasteiger partial charge in [-0.3, -0.25) is 4.79 Å². The summed E-state index contributed by atoms with van der Waals surface area (Å²) in [6.07, 6.45) is 4.93. The minimum absolute atomic E-state index is 0.00178. The third-order valence-corrected chi connectivity index (χ3v) is 5.69. The van der Waals surface area contributed by atoms with Crippen molar-refractivity contribution in [2.45, 2.75) is 44.6 Å². The zero-order chi connectivity index (χ0) is 19.3. The van der Waals surface area contributed by atoms with Gasteiger partial charge < -0.3 is 14.8 Å². The molecular formula is C22H27N3O3. The third kappa shape index (κ3) is 4.17. The van der Waals surface area contributed by atoms with Gasteiger partial charge in [-0.05, 0) is 38.5 Å². The molecule has 0 saturated carbocycles. The molecule has 1 aromatic carbocycles. The molecule has 1 aliphatic heterocycles. The van der Waals surface area contributed by atoms with Gasteiger partial charge in [0.25, 0.3) is 0 Å². The zero-order valence-corrected chi connectivity index (χ0v) is 16.3. The van der Waals surface area contributed by atoms with Crippen molar-refractivity contribution in [3.8, 4) is 17.3 Å². The number of benzene rings is 1. The van der Waals surface area contributed by atoms with Gasteiger partial charge in [0.15, 0.2) is 5.82 Å². The summed E-state index contributed by atoms with van der Waals surface area (Å²) >= 11 is 0. The molecule has 0 bridgehead atoms. The molecule has 1 fully saturated rings. The third-order valence-electron chi connectivity index (χ3n) is 5.69. The van der Waals surface area contributed by atoms with Crippen LogP contribution >= 0.6 is 0 Å². The van der Waals surface area contributed by atoms with Crippen LogP contribution in [0.2, 0.25) is 0 Å². The first-order chi connectivity index (χ1) is 13.7. The second kappa shape index (κ2) is 8.69. The van der Waals surface area contributed by atoms with E-state index in [1.807, 2.05) is 30.3 Å². The van der Waals surface area contributed by atoms with Crippen molar-refractivity contribution in [3.05, 3.63) is 41.6 Å². The Morgan fingerprint density at radius 2 is 1.82 bits per heavy atom. The summed E-state index contributed by atoms with van der Waals surface area (Å²) in [7, 11) is 1.65. The zero-order valence-electron chi connectivity index (χ0n) is 16.3. The Morgan fingerprint density at radius 1 is 1.07 bits per heavy atom. The molecule has 28 heavy (non-hydrogen) atoms. The Labute approximate surface area is 165 Å². The van der Waals surface area contributed by atoms with Crippen molar-refractivity contribution in [1.29, 1.82) is 0 Å². The Kier molecular flexibility index (Phi) is 5.86. The number of aryl methyl sites for hydroxylation is 1. The predicted molar refractivity (Wildman–Crippen MR) is 106 cm³/mol. The summed E-state index contributed by atoms with van der Waals surface area (Å²) in [6, 6.07) is 10.2.